The lowest BCUT2D eigenvalue weighted by Gasteiger charge is -2.12. The van der Waals surface area contributed by atoms with E-state index in [1.807, 2.05) is 30.3 Å². The first-order valence-corrected chi connectivity index (χ1v) is 10.2. The van der Waals surface area contributed by atoms with E-state index in [9.17, 15) is 9.59 Å². The first-order valence-electron chi connectivity index (χ1n) is 8.96. The molecule has 8 heteroatoms. The summed E-state index contributed by atoms with van der Waals surface area (Å²) in [6.45, 7) is 0.444. The van der Waals surface area contributed by atoms with Gasteiger partial charge in [-0.2, -0.15) is 0 Å². The SMILES string of the molecule is O=C(NNC(=S)NC(=O)c1ccccc1Br)c1ccc(OCc2ccccc2)cc1. The summed E-state index contributed by atoms with van der Waals surface area (Å²) >= 11 is 8.36. The monoisotopic (exact) mass is 483 g/mol. The summed E-state index contributed by atoms with van der Waals surface area (Å²) in [5.74, 6) is -0.143. The largest absolute Gasteiger partial charge is 0.489 e. The third-order valence-electron chi connectivity index (χ3n) is 4.00. The van der Waals surface area contributed by atoms with Gasteiger partial charge in [-0.1, -0.05) is 42.5 Å². The van der Waals surface area contributed by atoms with Crippen LogP contribution in [0.25, 0.3) is 0 Å². The number of thiocarbonyl (C=S) groups is 1. The van der Waals surface area contributed by atoms with Crippen LogP contribution in [0.3, 0.4) is 0 Å². The van der Waals surface area contributed by atoms with Crippen LogP contribution in [0.15, 0.2) is 83.3 Å². The molecule has 0 aliphatic heterocycles. The first-order chi connectivity index (χ1) is 14.5. The van der Waals surface area contributed by atoms with E-state index in [2.05, 4.69) is 32.1 Å². The number of ether oxygens (including phenoxy) is 1. The lowest BCUT2D eigenvalue weighted by Crippen LogP contribution is -2.48. The number of rotatable bonds is 5. The lowest BCUT2D eigenvalue weighted by molar-refractivity contribution is 0.0934. The molecule has 0 saturated carbocycles. The van der Waals surface area contributed by atoms with Crippen molar-refractivity contribution in [2.75, 3.05) is 0 Å². The third-order valence-corrected chi connectivity index (χ3v) is 4.90. The second-order valence-corrected chi connectivity index (χ2v) is 7.40. The van der Waals surface area contributed by atoms with E-state index in [1.165, 1.54) is 0 Å². The van der Waals surface area contributed by atoms with Crippen LogP contribution in [0.4, 0.5) is 0 Å². The molecule has 3 aromatic rings. The lowest BCUT2D eigenvalue weighted by atomic mass is 10.2. The van der Waals surface area contributed by atoms with Crippen molar-refractivity contribution >= 4 is 45.1 Å². The second-order valence-electron chi connectivity index (χ2n) is 6.14. The summed E-state index contributed by atoms with van der Waals surface area (Å²) in [4.78, 5) is 24.5. The molecule has 0 aliphatic rings. The molecule has 0 aliphatic carbocycles. The fraction of sp³-hybridized carbons (Fsp3) is 0.0455. The highest BCUT2D eigenvalue weighted by molar-refractivity contribution is 9.10. The predicted octanol–water partition coefficient (Wildman–Crippen LogP) is 3.98. The highest BCUT2D eigenvalue weighted by Gasteiger charge is 2.12. The number of hydrogen-bond acceptors (Lipinski definition) is 4. The Balaban J connectivity index is 1.46. The molecular formula is C22H18BrN3O3S. The highest BCUT2D eigenvalue weighted by atomic mass is 79.9. The molecule has 3 rings (SSSR count). The van der Waals surface area contributed by atoms with Gasteiger partial charge < -0.3 is 4.74 Å². The van der Waals surface area contributed by atoms with Crippen molar-refractivity contribution in [3.05, 3.63) is 100 Å². The van der Waals surface area contributed by atoms with E-state index in [0.29, 0.717) is 28.0 Å². The molecule has 0 bridgehead atoms. The van der Waals surface area contributed by atoms with E-state index < -0.39 is 11.8 Å². The maximum atomic E-state index is 12.3. The minimum absolute atomic E-state index is 0.0214. The number of hydrogen-bond donors (Lipinski definition) is 3. The van der Waals surface area contributed by atoms with Gasteiger partial charge in [-0.15, -0.1) is 0 Å². The van der Waals surface area contributed by atoms with Gasteiger partial charge in [0.25, 0.3) is 11.8 Å². The molecule has 6 nitrogen and oxygen atoms in total. The molecule has 3 aromatic carbocycles. The van der Waals surface area contributed by atoms with Gasteiger partial charge in [0.1, 0.15) is 12.4 Å². The average Bonchev–Trinajstić information content (AvgIpc) is 2.77. The van der Waals surface area contributed by atoms with E-state index in [0.717, 1.165) is 5.56 Å². The van der Waals surface area contributed by atoms with Crippen molar-refractivity contribution in [3.8, 4) is 5.75 Å². The Bertz CT molecular complexity index is 1040. The molecule has 0 aromatic heterocycles. The maximum absolute atomic E-state index is 12.3. The van der Waals surface area contributed by atoms with Gasteiger partial charge in [-0.25, -0.2) is 0 Å². The van der Waals surface area contributed by atoms with Crippen LogP contribution in [0, 0.1) is 0 Å². The molecule has 0 unspecified atom stereocenters. The van der Waals surface area contributed by atoms with E-state index in [4.69, 9.17) is 17.0 Å². The molecule has 0 atom stereocenters. The van der Waals surface area contributed by atoms with Crippen molar-refractivity contribution in [1.82, 2.24) is 16.2 Å². The van der Waals surface area contributed by atoms with Gasteiger partial charge in [0.05, 0.1) is 5.56 Å². The number of nitrogens with one attached hydrogen (secondary N) is 3. The minimum atomic E-state index is -0.401. The summed E-state index contributed by atoms with van der Waals surface area (Å²) in [6.07, 6.45) is 0. The minimum Gasteiger partial charge on any atom is -0.489 e. The Hall–Kier alpha value is -3.23. The Morgan fingerprint density at radius 2 is 1.50 bits per heavy atom. The number of amides is 2. The van der Waals surface area contributed by atoms with Gasteiger partial charge in [-0.3, -0.25) is 25.8 Å². The van der Waals surface area contributed by atoms with E-state index in [-0.39, 0.29) is 5.11 Å². The Labute approximate surface area is 187 Å². The summed E-state index contributed by atoms with van der Waals surface area (Å²) in [5, 5.41) is 2.48. The van der Waals surface area contributed by atoms with Gasteiger partial charge >= 0.3 is 0 Å². The highest BCUT2D eigenvalue weighted by Crippen LogP contribution is 2.16. The standard InChI is InChI=1S/C22H18BrN3O3S/c23-19-9-5-4-8-18(19)21(28)24-22(30)26-25-20(27)16-10-12-17(13-11-16)29-14-15-6-2-1-3-7-15/h1-13H,14H2,(H,25,27)(H2,24,26,28,30). The van der Waals surface area contributed by atoms with Gasteiger partial charge in [0, 0.05) is 10.0 Å². The van der Waals surface area contributed by atoms with Crippen LogP contribution in [0.5, 0.6) is 5.75 Å². The number of halogens is 1. The molecule has 0 fully saturated rings. The summed E-state index contributed by atoms with van der Waals surface area (Å²) in [5.41, 5.74) is 6.86. The molecule has 0 heterocycles. The second kappa shape index (κ2) is 10.5. The number of carbonyl (C=O) groups excluding carboxylic acids is 2. The fourth-order valence-electron chi connectivity index (χ4n) is 2.48. The molecule has 30 heavy (non-hydrogen) atoms. The zero-order chi connectivity index (χ0) is 21.3. The topological polar surface area (TPSA) is 79.5 Å². The average molecular weight is 484 g/mol. The smallest absolute Gasteiger partial charge is 0.269 e. The fourth-order valence-corrected chi connectivity index (χ4v) is 3.08. The number of benzene rings is 3. The summed E-state index contributed by atoms with van der Waals surface area (Å²) in [6, 6.07) is 23.5. The van der Waals surface area contributed by atoms with Crippen molar-refractivity contribution in [3.63, 3.8) is 0 Å². The van der Waals surface area contributed by atoms with Crippen LogP contribution < -0.4 is 20.9 Å². The van der Waals surface area contributed by atoms with Gasteiger partial charge in [-0.05, 0) is 70.1 Å². The predicted molar refractivity (Wildman–Crippen MR) is 122 cm³/mol. The normalized spacial score (nSPS) is 10.0. The molecule has 152 valence electrons. The molecule has 3 N–H and O–H groups in total. The zero-order valence-electron chi connectivity index (χ0n) is 15.7. The maximum Gasteiger partial charge on any atom is 0.269 e. The van der Waals surface area contributed by atoms with Crippen LogP contribution in [0.1, 0.15) is 26.3 Å². The van der Waals surface area contributed by atoms with Crippen LogP contribution >= 0.6 is 28.1 Å². The van der Waals surface area contributed by atoms with Crippen LogP contribution in [0.2, 0.25) is 0 Å². The zero-order valence-corrected chi connectivity index (χ0v) is 18.1. The molecular weight excluding hydrogens is 466 g/mol. The van der Waals surface area contributed by atoms with Gasteiger partial charge in [0.15, 0.2) is 5.11 Å². The molecule has 0 spiro atoms. The van der Waals surface area contributed by atoms with Crippen LogP contribution in [-0.2, 0) is 6.61 Å². The first kappa shape index (κ1) is 21.5. The van der Waals surface area contributed by atoms with Crippen LogP contribution in [-0.4, -0.2) is 16.9 Å². The molecule has 2 amide bonds. The summed E-state index contributed by atoms with van der Waals surface area (Å²) in [7, 11) is 0. The van der Waals surface area contributed by atoms with E-state index in [1.54, 1.807) is 48.5 Å². The molecule has 0 radical (unpaired) electrons. The number of carbonyl (C=O) groups is 2. The molecule has 0 saturated heterocycles. The van der Waals surface area contributed by atoms with E-state index >= 15 is 0 Å². The number of hydrazine groups is 1. The van der Waals surface area contributed by atoms with Crippen molar-refractivity contribution in [2.24, 2.45) is 0 Å². The third kappa shape index (κ3) is 6.13. The Kier molecular flexibility index (Phi) is 7.53. The van der Waals surface area contributed by atoms with Crippen molar-refractivity contribution < 1.29 is 14.3 Å². The quantitative estimate of drug-likeness (QED) is 0.377. The summed E-state index contributed by atoms with van der Waals surface area (Å²) < 4.78 is 6.34. The Morgan fingerprint density at radius 3 is 2.20 bits per heavy atom. The van der Waals surface area contributed by atoms with Gasteiger partial charge in [0.2, 0.25) is 0 Å². The van der Waals surface area contributed by atoms with Crippen molar-refractivity contribution in [1.29, 1.82) is 0 Å². The Morgan fingerprint density at radius 1 is 0.833 bits per heavy atom. The van der Waals surface area contributed by atoms with Crippen molar-refractivity contribution in [2.45, 2.75) is 6.61 Å².